The zero-order chi connectivity index (χ0) is 17.6. The summed E-state index contributed by atoms with van der Waals surface area (Å²) in [5, 5.41) is 5.59. The molecular formula is C18H20N4O3. The molecule has 0 saturated carbocycles. The lowest BCUT2D eigenvalue weighted by molar-refractivity contribution is -0.114. The molecule has 1 aliphatic heterocycles. The van der Waals surface area contributed by atoms with Crippen molar-refractivity contribution in [1.82, 2.24) is 4.98 Å². The van der Waals surface area contributed by atoms with Crippen LogP contribution in [0.25, 0.3) is 0 Å². The van der Waals surface area contributed by atoms with Gasteiger partial charge in [0.25, 0.3) is 5.91 Å². The third-order valence-electron chi connectivity index (χ3n) is 3.81. The molecule has 0 atom stereocenters. The Balaban J connectivity index is 1.73. The van der Waals surface area contributed by atoms with Crippen LogP contribution in [0.2, 0.25) is 0 Å². The van der Waals surface area contributed by atoms with Gasteiger partial charge < -0.3 is 20.3 Å². The summed E-state index contributed by atoms with van der Waals surface area (Å²) in [5.74, 6) is 0.369. The van der Waals surface area contributed by atoms with Crippen LogP contribution in [-0.4, -0.2) is 43.1 Å². The number of benzene rings is 1. The number of anilines is 3. The molecule has 2 amide bonds. The van der Waals surface area contributed by atoms with Gasteiger partial charge in [-0.3, -0.25) is 9.59 Å². The number of morpholine rings is 1. The van der Waals surface area contributed by atoms with Gasteiger partial charge in [-0.15, -0.1) is 0 Å². The molecule has 25 heavy (non-hydrogen) atoms. The maximum absolute atomic E-state index is 12.5. The molecule has 0 radical (unpaired) electrons. The summed E-state index contributed by atoms with van der Waals surface area (Å²) in [4.78, 5) is 30.1. The van der Waals surface area contributed by atoms with Gasteiger partial charge in [0.1, 0.15) is 0 Å². The average Bonchev–Trinajstić information content (AvgIpc) is 2.63. The zero-order valence-corrected chi connectivity index (χ0v) is 14.0. The predicted molar refractivity (Wildman–Crippen MR) is 96.0 cm³/mol. The Labute approximate surface area is 146 Å². The Morgan fingerprint density at radius 1 is 1.08 bits per heavy atom. The predicted octanol–water partition coefficient (Wildman–Crippen LogP) is 2.13. The summed E-state index contributed by atoms with van der Waals surface area (Å²) in [6.07, 6.45) is 1.71. The third kappa shape index (κ3) is 4.33. The summed E-state index contributed by atoms with van der Waals surface area (Å²) in [5.41, 5.74) is 1.82. The molecule has 2 N–H and O–H groups in total. The Morgan fingerprint density at radius 2 is 1.80 bits per heavy atom. The number of ether oxygens (including phenoxy) is 1. The minimum atomic E-state index is -0.225. The van der Waals surface area contributed by atoms with E-state index in [0.29, 0.717) is 30.2 Å². The van der Waals surface area contributed by atoms with Crippen LogP contribution in [0.1, 0.15) is 17.3 Å². The molecule has 2 heterocycles. The van der Waals surface area contributed by atoms with Gasteiger partial charge in [0, 0.05) is 37.5 Å². The van der Waals surface area contributed by atoms with E-state index < -0.39 is 0 Å². The Kier molecular flexibility index (Phi) is 5.25. The number of carbonyl (C=O) groups is 2. The number of carbonyl (C=O) groups excluding carboxylic acids is 2. The number of nitrogens with one attached hydrogen (secondary N) is 2. The Hall–Kier alpha value is -2.93. The van der Waals surface area contributed by atoms with Crippen LogP contribution in [0.4, 0.5) is 17.2 Å². The van der Waals surface area contributed by atoms with Gasteiger partial charge in [-0.25, -0.2) is 4.98 Å². The number of hydrogen-bond acceptors (Lipinski definition) is 5. The van der Waals surface area contributed by atoms with Crippen LogP contribution < -0.4 is 15.5 Å². The van der Waals surface area contributed by atoms with E-state index in [2.05, 4.69) is 20.5 Å². The molecule has 7 heteroatoms. The summed E-state index contributed by atoms with van der Waals surface area (Å²) >= 11 is 0. The van der Waals surface area contributed by atoms with E-state index in [1.165, 1.54) is 6.92 Å². The molecule has 0 aliphatic carbocycles. The number of rotatable bonds is 4. The molecule has 1 aliphatic rings. The molecule has 3 rings (SSSR count). The fraction of sp³-hybridized carbons (Fsp3) is 0.278. The molecule has 1 saturated heterocycles. The van der Waals surface area contributed by atoms with Crippen molar-refractivity contribution in [3.05, 3.63) is 48.2 Å². The molecule has 0 bridgehead atoms. The minimum Gasteiger partial charge on any atom is -0.378 e. The number of hydrogen-bond donors (Lipinski definition) is 2. The van der Waals surface area contributed by atoms with E-state index in [1.54, 1.807) is 36.5 Å². The fourth-order valence-electron chi connectivity index (χ4n) is 2.62. The summed E-state index contributed by atoms with van der Waals surface area (Å²) in [6.45, 7) is 4.22. The van der Waals surface area contributed by atoms with Crippen molar-refractivity contribution in [3.63, 3.8) is 0 Å². The van der Waals surface area contributed by atoms with Crippen molar-refractivity contribution in [2.24, 2.45) is 0 Å². The van der Waals surface area contributed by atoms with Gasteiger partial charge in [-0.05, 0) is 36.4 Å². The van der Waals surface area contributed by atoms with E-state index >= 15 is 0 Å². The summed E-state index contributed by atoms with van der Waals surface area (Å²) < 4.78 is 5.36. The van der Waals surface area contributed by atoms with Gasteiger partial charge >= 0.3 is 0 Å². The van der Waals surface area contributed by atoms with Crippen LogP contribution in [0, 0.1) is 0 Å². The standard InChI is InChI=1S/C18H20N4O3/c1-13(23)20-15-6-4-14(5-7-15)18(24)21-16-3-2-8-19-17(16)22-9-11-25-12-10-22/h2-8H,9-12H2,1H3,(H,20,23)(H,21,24). The number of aromatic nitrogens is 1. The molecule has 0 unspecified atom stereocenters. The fourth-order valence-corrected chi connectivity index (χ4v) is 2.62. The molecule has 1 aromatic heterocycles. The molecular weight excluding hydrogens is 320 g/mol. The lowest BCUT2D eigenvalue weighted by Gasteiger charge is -2.29. The third-order valence-corrected chi connectivity index (χ3v) is 3.81. The van der Waals surface area contributed by atoms with E-state index in [4.69, 9.17) is 4.74 Å². The zero-order valence-electron chi connectivity index (χ0n) is 14.0. The SMILES string of the molecule is CC(=O)Nc1ccc(C(=O)Nc2cccnc2N2CCOCC2)cc1. The highest BCUT2D eigenvalue weighted by molar-refractivity contribution is 6.06. The maximum atomic E-state index is 12.5. The van der Waals surface area contributed by atoms with Crippen LogP contribution in [0.5, 0.6) is 0 Å². The van der Waals surface area contributed by atoms with Crippen LogP contribution in [0.15, 0.2) is 42.6 Å². The van der Waals surface area contributed by atoms with Crippen molar-refractivity contribution in [2.45, 2.75) is 6.92 Å². The lowest BCUT2D eigenvalue weighted by atomic mass is 10.2. The molecule has 2 aromatic rings. The molecule has 130 valence electrons. The maximum Gasteiger partial charge on any atom is 0.255 e. The average molecular weight is 340 g/mol. The van der Waals surface area contributed by atoms with Crippen molar-refractivity contribution in [1.29, 1.82) is 0 Å². The first-order valence-electron chi connectivity index (χ1n) is 8.10. The molecule has 7 nitrogen and oxygen atoms in total. The first-order valence-corrected chi connectivity index (χ1v) is 8.10. The Morgan fingerprint density at radius 3 is 2.48 bits per heavy atom. The first kappa shape index (κ1) is 16.9. The lowest BCUT2D eigenvalue weighted by Crippen LogP contribution is -2.37. The molecule has 1 fully saturated rings. The monoisotopic (exact) mass is 340 g/mol. The van der Waals surface area contributed by atoms with Gasteiger partial charge in [-0.1, -0.05) is 0 Å². The minimum absolute atomic E-state index is 0.150. The second kappa shape index (κ2) is 7.76. The largest absolute Gasteiger partial charge is 0.378 e. The van der Waals surface area contributed by atoms with Gasteiger partial charge in [0.05, 0.1) is 18.9 Å². The number of amides is 2. The smallest absolute Gasteiger partial charge is 0.255 e. The van der Waals surface area contributed by atoms with Gasteiger partial charge in [0.2, 0.25) is 5.91 Å². The molecule has 0 spiro atoms. The van der Waals surface area contributed by atoms with Crippen LogP contribution in [-0.2, 0) is 9.53 Å². The second-order valence-corrected chi connectivity index (χ2v) is 5.69. The van der Waals surface area contributed by atoms with Crippen molar-refractivity contribution < 1.29 is 14.3 Å². The highest BCUT2D eigenvalue weighted by Crippen LogP contribution is 2.24. The van der Waals surface area contributed by atoms with Crippen molar-refractivity contribution >= 4 is 29.0 Å². The summed E-state index contributed by atoms with van der Waals surface area (Å²) in [7, 11) is 0. The van der Waals surface area contributed by atoms with Crippen molar-refractivity contribution in [3.8, 4) is 0 Å². The van der Waals surface area contributed by atoms with E-state index in [-0.39, 0.29) is 11.8 Å². The number of nitrogens with zero attached hydrogens (tertiary/aromatic N) is 2. The first-order chi connectivity index (χ1) is 12.1. The Bertz CT molecular complexity index is 755. The highest BCUT2D eigenvalue weighted by atomic mass is 16.5. The quantitative estimate of drug-likeness (QED) is 0.891. The number of pyridine rings is 1. The van der Waals surface area contributed by atoms with E-state index in [9.17, 15) is 9.59 Å². The van der Waals surface area contributed by atoms with Crippen LogP contribution in [0.3, 0.4) is 0 Å². The van der Waals surface area contributed by atoms with E-state index in [0.717, 1.165) is 18.9 Å². The second-order valence-electron chi connectivity index (χ2n) is 5.69. The van der Waals surface area contributed by atoms with Crippen molar-refractivity contribution in [2.75, 3.05) is 41.8 Å². The normalized spacial score (nSPS) is 14.0. The topological polar surface area (TPSA) is 83.6 Å². The molecule has 1 aromatic carbocycles. The van der Waals surface area contributed by atoms with Gasteiger partial charge in [0.15, 0.2) is 5.82 Å². The summed E-state index contributed by atoms with van der Waals surface area (Å²) in [6, 6.07) is 10.4. The van der Waals surface area contributed by atoms with E-state index in [1.807, 2.05) is 6.07 Å². The van der Waals surface area contributed by atoms with Gasteiger partial charge in [-0.2, -0.15) is 0 Å². The highest BCUT2D eigenvalue weighted by Gasteiger charge is 2.17. The van der Waals surface area contributed by atoms with Crippen LogP contribution >= 0.6 is 0 Å².